The number of hydrogen-bond acceptors (Lipinski definition) is 3. The lowest BCUT2D eigenvalue weighted by atomic mass is 10.1. The minimum absolute atomic E-state index is 0.0904. The van der Waals surface area contributed by atoms with Crippen LogP contribution in [0.1, 0.15) is 23.1 Å². The second kappa shape index (κ2) is 11.2. The van der Waals surface area contributed by atoms with Crippen LogP contribution in [0.4, 0.5) is 0 Å². The van der Waals surface area contributed by atoms with Gasteiger partial charge < -0.3 is 10.1 Å². The van der Waals surface area contributed by atoms with Gasteiger partial charge >= 0.3 is 0 Å². The highest BCUT2D eigenvalue weighted by Gasteiger charge is 2.08. The van der Waals surface area contributed by atoms with Crippen molar-refractivity contribution < 1.29 is 9.53 Å². The highest BCUT2D eigenvalue weighted by molar-refractivity contribution is 6.01. The first kappa shape index (κ1) is 20.9. The Morgan fingerprint density at radius 2 is 1.53 bits per heavy atom. The maximum Gasteiger partial charge on any atom is 0.261 e. The largest absolute Gasteiger partial charge is 0.489 e. The van der Waals surface area contributed by atoms with Gasteiger partial charge in [-0.1, -0.05) is 72.8 Å². The number of hydrogen-bond donors (Lipinski definition) is 1. The van der Waals surface area contributed by atoms with Crippen molar-refractivity contribution in [2.24, 2.45) is 0 Å². The van der Waals surface area contributed by atoms with Crippen LogP contribution in [-0.2, 0) is 17.8 Å². The number of nitriles is 1. The van der Waals surface area contributed by atoms with Gasteiger partial charge in [0.1, 0.15) is 24.0 Å². The van der Waals surface area contributed by atoms with Gasteiger partial charge in [0.2, 0.25) is 0 Å². The van der Waals surface area contributed by atoms with Crippen molar-refractivity contribution in [3.05, 3.63) is 107 Å². The Morgan fingerprint density at radius 3 is 2.17 bits per heavy atom. The van der Waals surface area contributed by atoms with E-state index in [2.05, 4.69) is 17.4 Å². The molecule has 3 rings (SSSR count). The van der Waals surface area contributed by atoms with Crippen molar-refractivity contribution in [3.8, 4) is 11.8 Å². The zero-order valence-electron chi connectivity index (χ0n) is 16.8. The lowest BCUT2D eigenvalue weighted by molar-refractivity contribution is -0.117. The molecule has 4 heteroatoms. The van der Waals surface area contributed by atoms with E-state index in [0.717, 1.165) is 29.7 Å². The van der Waals surface area contributed by atoms with Crippen LogP contribution in [-0.4, -0.2) is 12.5 Å². The third kappa shape index (κ3) is 6.65. The summed E-state index contributed by atoms with van der Waals surface area (Å²) in [5, 5.41) is 12.2. The predicted octanol–water partition coefficient (Wildman–Crippen LogP) is 4.92. The van der Waals surface area contributed by atoms with Crippen LogP contribution in [0.15, 0.2) is 90.5 Å². The van der Waals surface area contributed by atoms with E-state index in [9.17, 15) is 10.1 Å². The Labute approximate surface area is 177 Å². The number of nitrogens with zero attached hydrogens (tertiary/aromatic N) is 1. The molecule has 0 radical (unpaired) electrons. The van der Waals surface area contributed by atoms with E-state index in [1.54, 1.807) is 6.08 Å². The fraction of sp³-hybridized carbons (Fsp3) is 0.154. The fourth-order valence-corrected chi connectivity index (χ4v) is 2.95. The van der Waals surface area contributed by atoms with Gasteiger partial charge in [0.15, 0.2) is 0 Å². The second-order valence-corrected chi connectivity index (χ2v) is 6.86. The van der Waals surface area contributed by atoms with Gasteiger partial charge in [-0.25, -0.2) is 0 Å². The molecular weight excluding hydrogens is 372 g/mol. The van der Waals surface area contributed by atoms with Crippen molar-refractivity contribution in [3.63, 3.8) is 0 Å². The van der Waals surface area contributed by atoms with Crippen molar-refractivity contribution >= 4 is 12.0 Å². The van der Waals surface area contributed by atoms with Gasteiger partial charge in [-0.05, 0) is 47.7 Å². The van der Waals surface area contributed by atoms with E-state index in [1.807, 2.05) is 78.9 Å². The summed E-state index contributed by atoms with van der Waals surface area (Å²) < 4.78 is 5.76. The van der Waals surface area contributed by atoms with Crippen molar-refractivity contribution in [2.75, 3.05) is 6.54 Å². The molecule has 4 nitrogen and oxygen atoms in total. The lowest BCUT2D eigenvalue weighted by Gasteiger charge is -2.07. The summed E-state index contributed by atoms with van der Waals surface area (Å²) >= 11 is 0. The van der Waals surface area contributed by atoms with Crippen molar-refractivity contribution in [1.82, 2.24) is 5.32 Å². The number of amides is 1. The molecule has 0 saturated heterocycles. The summed E-state index contributed by atoms with van der Waals surface area (Å²) in [5.41, 5.74) is 3.19. The summed E-state index contributed by atoms with van der Waals surface area (Å²) in [7, 11) is 0. The number of benzene rings is 3. The Bertz CT molecular complexity index is 1000. The minimum Gasteiger partial charge on any atom is -0.489 e. The molecule has 1 amide bonds. The third-order valence-electron chi connectivity index (χ3n) is 4.58. The highest BCUT2D eigenvalue weighted by Crippen LogP contribution is 2.16. The molecule has 0 atom stereocenters. The number of aryl methyl sites for hydroxylation is 1. The monoisotopic (exact) mass is 396 g/mol. The standard InChI is InChI=1S/C26H24N2O2/c27-19-24(26(29)28-17-7-12-21-8-3-1-4-9-21)18-22-13-15-25(16-14-22)30-20-23-10-5-2-6-11-23/h1-6,8-11,13-16,18H,7,12,17,20H2,(H,28,29)/b24-18-. The van der Waals surface area contributed by atoms with Gasteiger partial charge in [0, 0.05) is 6.54 Å². The Balaban J connectivity index is 1.49. The molecule has 150 valence electrons. The summed E-state index contributed by atoms with van der Waals surface area (Å²) in [4.78, 5) is 12.3. The van der Waals surface area contributed by atoms with Crippen LogP contribution in [0, 0.1) is 11.3 Å². The van der Waals surface area contributed by atoms with Gasteiger partial charge in [0.25, 0.3) is 5.91 Å². The highest BCUT2D eigenvalue weighted by atomic mass is 16.5. The number of carbonyl (C=O) groups is 1. The van der Waals surface area contributed by atoms with E-state index in [1.165, 1.54) is 5.56 Å². The van der Waals surface area contributed by atoms with Crippen LogP contribution in [0.25, 0.3) is 6.08 Å². The van der Waals surface area contributed by atoms with Crippen LogP contribution >= 0.6 is 0 Å². The third-order valence-corrected chi connectivity index (χ3v) is 4.58. The molecule has 3 aromatic rings. The van der Waals surface area contributed by atoms with E-state index in [-0.39, 0.29) is 11.5 Å². The molecule has 0 aliphatic rings. The Hall–Kier alpha value is -3.84. The molecule has 0 spiro atoms. The summed E-state index contributed by atoms with van der Waals surface area (Å²) in [5.74, 6) is 0.384. The van der Waals surface area contributed by atoms with Gasteiger partial charge in [-0.2, -0.15) is 5.26 Å². The molecule has 0 saturated carbocycles. The number of carbonyl (C=O) groups excluding carboxylic acids is 1. The molecular formula is C26H24N2O2. The van der Waals surface area contributed by atoms with Crippen molar-refractivity contribution in [2.45, 2.75) is 19.4 Å². The normalized spacial score (nSPS) is 10.8. The average Bonchev–Trinajstić information content (AvgIpc) is 2.81. The summed E-state index contributed by atoms with van der Waals surface area (Å²) in [6, 6.07) is 29.4. The lowest BCUT2D eigenvalue weighted by Crippen LogP contribution is -2.25. The summed E-state index contributed by atoms with van der Waals surface area (Å²) in [6.07, 6.45) is 3.30. The van der Waals surface area contributed by atoms with Crippen LogP contribution in [0.3, 0.4) is 0 Å². The van der Waals surface area contributed by atoms with E-state index in [4.69, 9.17) is 4.74 Å². The van der Waals surface area contributed by atoms with Gasteiger partial charge in [-0.15, -0.1) is 0 Å². The van der Waals surface area contributed by atoms with Gasteiger partial charge in [-0.3, -0.25) is 4.79 Å². The average molecular weight is 396 g/mol. The maximum absolute atomic E-state index is 12.3. The smallest absolute Gasteiger partial charge is 0.261 e. The number of ether oxygens (including phenoxy) is 1. The van der Waals surface area contributed by atoms with E-state index < -0.39 is 0 Å². The molecule has 0 aromatic heterocycles. The molecule has 0 heterocycles. The zero-order chi connectivity index (χ0) is 21.0. The molecule has 30 heavy (non-hydrogen) atoms. The first-order valence-electron chi connectivity index (χ1n) is 9.95. The molecule has 3 aromatic carbocycles. The molecule has 0 aliphatic heterocycles. The number of rotatable bonds is 9. The molecule has 0 bridgehead atoms. The van der Waals surface area contributed by atoms with E-state index in [0.29, 0.717) is 13.2 Å². The Kier molecular flexibility index (Phi) is 7.82. The first-order chi connectivity index (χ1) is 14.7. The molecule has 0 aliphatic carbocycles. The zero-order valence-corrected chi connectivity index (χ0v) is 16.8. The maximum atomic E-state index is 12.3. The van der Waals surface area contributed by atoms with Crippen LogP contribution in [0.2, 0.25) is 0 Å². The minimum atomic E-state index is -0.352. The number of nitrogens with one attached hydrogen (secondary N) is 1. The summed E-state index contributed by atoms with van der Waals surface area (Å²) in [6.45, 7) is 1.02. The molecule has 1 N–H and O–H groups in total. The topological polar surface area (TPSA) is 62.1 Å². The fourth-order valence-electron chi connectivity index (χ4n) is 2.95. The predicted molar refractivity (Wildman–Crippen MR) is 119 cm³/mol. The SMILES string of the molecule is N#C/C(=C/c1ccc(OCc2ccccc2)cc1)C(=O)NCCCc1ccccc1. The van der Waals surface area contributed by atoms with E-state index >= 15 is 0 Å². The Morgan fingerprint density at radius 1 is 0.900 bits per heavy atom. The molecule has 0 unspecified atom stereocenters. The molecule has 0 fully saturated rings. The van der Waals surface area contributed by atoms with Crippen molar-refractivity contribution in [1.29, 1.82) is 5.26 Å². The first-order valence-corrected chi connectivity index (χ1v) is 9.95. The van der Waals surface area contributed by atoms with Crippen LogP contribution < -0.4 is 10.1 Å². The van der Waals surface area contributed by atoms with Crippen LogP contribution in [0.5, 0.6) is 5.75 Å². The van der Waals surface area contributed by atoms with Gasteiger partial charge in [0.05, 0.1) is 0 Å². The second-order valence-electron chi connectivity index (χ2n) is 6.86. The quantitative estimate of drug-likeness (QED) is 0.317.